The molecule has 0 saturated carbocycles. The van der Waals surface area contributed by atoms with E-state index in [9.17, 15) is 9.90 Å². The van der Waals surface area contributed by atoms with Gasteiger partial charge >= 0.3 is 0 Å². The van der Waals surface area contributed by atoms with Crippen LogP contribution >= 0.6 is 0 Å². The number of aryl methyl sites for hydroxylation is 3. The summed E-state index contributed by atoms with van der Waals surface area (Å²) in [6.07, 6.45) is 0. The van der Waals surface area contributed by atoms with E-state index in [1.165, 1.54) is 6.07 Å². The highest BCUT2D eigenvalue weighted by molar-refractivity contribution is 6.06. The first-order valence-electron chi connectivity index (χ1n) is 6.36. The number of carbonyl (C=O) groups is 1. The lowest BCUT2D eigenvalue weighted by Gasteiger charge is -2.13. The molecule has 0 atom stereocenters. The van der Waals surface area contributed by atoms with Gasteiger partial charge in [-0.25, -0.2) is 0 Å². The number of nitrogens with two attached hydrogens (primary N) is 1. The SMILES string of the molecule is Cc1cc(O)ccc1C(=O)Nc1c(C)cc(N)cc1C. The molecule has 2 aromatic carbocycles. The minimum absolute atomic E-state index is 0.152. The number of hydrogen-bond donors (Lipinski definition) is 3. The Bertz CT molecular complexity index is 655. The van der Waals surface area contributed by atoms with E-state index in [-0.39, 0.29) is 11.7 Å². The van der Waals surface area contributed by atoms with Crippen LogP contribution in [0, 0.1) is 20.8 Å². The molecule has 104 valence electrons. The Labute approximate surface area is 118 Å². The Balaban J connectivity index is 2.33. The third kappa shape index (κ3) is 2.74. The van der Waals surface area contributed by atoms with Gasteiger partial charge in [0.25, 0.3) is 5.91 Å². The second kappa shape index (κ2) is 5.25. The van der Waals surface area contributed by atoms with Gasteiger partial charge in [-0.05, 0) is 67.8 Å². The summed E-state index contributed by atoms with van der Waals surface area (Å²) in [7, 11) is 0. The number of anilines is 2. The Morgan fingerprint density at radius 1 is 1.05 bits per heavy atom. The molecule has 4 heteroatoms. The average molecular weight is 270 g/mol. The van der Waals surface area contributed by atoms with Gasteiger partial charge in [0.2, 0.25) is 0 Å². The van der Waals surface area contributed by atoms with E-state index in [0.29, 0.717) is 11.3 Å². The summed E-state index contributed by atoms with van der Waals surface area (Å²) in [5.41, 5.74) is 10.3. The number of aromatic hydroxyl groups is 1. The van der Waals surface area contributed by atoms with E-state index in [4.69, 9.17) is 5.73 Å². The Hall–Kier alpha value is -2.49. The van der Waals surface area contributed by atoms with Crippen molar-refractivity contribution in [2.24, 2.45) is 0 Å². The van der Waals surface area contributed by atoms with E-state index in [1.54, 1.807) is 19.1 Å². The van der Waals surface area contributed by atoms with Crippen molar-refractivity contribution in [2.75, 3.05) is 11.1 Å². The van der Waals surface area contributed by atoms with Crippen molar-refractivity contribution >= 4 is 17.3 Å². The first kappa shape index (κ1) is 13.9. The van der Waals surface area contributed by atoms with Gasteiger partial charge in [-0.2, -0.15) is 0 Å². The van der Waals surface area contributed by atoms with Crippen molar-refractivity contribution < 1.29 is 9.90 Å². The lowest BCUT2D eigenvalue weighted by molar-refractivity contribution is 0.102. The number of benzene rings is 2. The number of phenolic OH excluding ortho intramolecular Hbond substituents is 1. The maximum atomic E-state index is 12.3. The second-order valence-corrected chi connectivity index (χ2v) is 4.98. The standard InChI is InChI=1S/C16H18N2O2/c1-9-8-13(19)4-5-14(9)16(20)18-15-10(2)6-12(17)7-11(15)3/h4-8,19H,17H2,1-3H3,(H,18,20). The summed E-state index contributed by atoms with van der Waals surface area (Å²) >= 11 is 0. The molecule has 20 heavy (non-hydrogen) atoms. The van der Waals surface area contributed by atoms with Crippen molar-refractivity contribution in [1.82, 2.24) is 0 Å². The number of carbonyl (C=O) groups excluding carboxylic acids is 1. The van der Waals surface area contributed by atoms with Crippen molar-refractivity contribution in [2.45, 2.75) is 20.8 Å². The molecule has 0 saturated heterocycles. The van der Waals surface area contributed by atoms with Gasteiger partial charge in [0.15, 0.2) is 0 Å². The summed E-state index contributed by atoms with van der Waals surface area (Å²) in [5.74, 6) is -0.0441. The van der Waals surface area contributed by atoms with Gasteiger partial charge in [0, 0.05) is 16.9 Å². The molecule has 0 aromatic heterocycles. The summed E-state index contributed by atoms with van der Waals surface area (Å²) in [6.45, 7) is 5.60. The zero-order chi connectivity index (χ0) is 14.9. The number of nitrogens with one attached hydrogen (secondary N) is 1. The molecule has 4 N–H and O–H groups in total. The Morgan fingerprint density at radius 3 is 2.20 bits per heavy atom. The fourth-order valence-corrected chi connectivity index (χ4v) is 2.28. The van der Waals surface area contributed by atoms with Gasteiger partial charge < -0.3 is 16.2 Å². The van der Waals surface area contributed by atoms with E-state index < -0.39 is 0 Å². The smallest absolute Gasteiger partial charge is 0.255 e. The molecule has 2 rings (SSSR count). The zero-order valence-corrected chi connectivity index (χ0v) is 11.8. The van der Waals surface area contributed by atoms with E-state index in [1.807, 2.05) is 26.0 Å². The maximum absolute atomic E-state index is 12.3. The fraction of sp³-hybridized carbons (Fsp3) is 0.188. The van der Waals surface area contributed by atoms with Gasteiger partial charge in [0.1, 0.15) is 5.75 Å². The lowest BCUT2D eigenvalue weighted by atomic mass is 10.1. The highest BCUT2D eigenvalue weighted by Crippen LogP contribution is 2.25. The largest absolute Gasteiger partial charge is 0.508 e. The van der Waals surface area contributed by atoms with Crippen LogP contribution in [0.4, 0.5) is 11.4 Å². The molecule has 0 unspecified atom stereocenters. The number of amides is 1. The lowest BCUT2D eigenvalue weighted by Crippen LogP contribution is -2.15. The first-order valence-corrected chi connectivity index (χ1v) is 6.36. The quantitative estimate of drug-likeness (QED) is 0.734. The van der Waals surface area contributed by atoms with Crippen LogP contribution in [0.2, 0.25) is 0 Å². The highest BCUT2D eigenvalue weighted by atomic mass is 16.3. The molecule has 0 bridgehead atoms. The minimum atomic E-state index is -0.196. The average Bonchev–Trinajstić information content (AvgIpc) is 2.33. The van der Waals surface area contributed by atoms with E-state index >= 15 is 0 Å². The molecule has 0 radical (unpaired) electrons. The topological polar surface area (TPSA) is 75.3 Å². The molecular formula is C16H18N2O2. The predicted octanol–water partition coefficient (Wildman–Crippen LogP) is 3.15. The van der Waals surface area contributed by atoms with Crippen LogP contribution in [0.5, 0.6) is 5.75 Å². The molecule has 0 spiro atoms. The van der Waals surface area contributed by atoms with Crippen LogP contribution in [0.25, 0.3) is 0 Å². The molecular weight excluding hydrogens is 252 g/mol. The maximum Gasteiger partial charge on any atom is 0.255 e. The molecule has 0 aliphatic rings. The molecule has 2 aromatic rings. The van der Waals surface area contributed by atoms with Gasteiger partial charge in [-0.1, -0.05) is 0 Å². The number of nitrogen functional groups attached to an aromatic ring is 1. The Kier molecular flexibility index (Phi) is 3.66. The monoisotopic (exact) mass is 270 g/mol. The van der Waals surface area contributed by atoms with E-state index in [0.717, 1.165) is 22.4 Å². The number of phenols is 1. The molecule has 1 amide bonds. The first-order chi connectivity index (χ1) is 9.38. The van der Waals surface area contributed by atoms with Gasteiger partial charge in [0.05, 0.1) is 0 Å². The molecule has 4 nitrogen and oxygen atoms in total. The van der Waals surface area contributed by atoms with Crippen molar-refractivity contribution in [3.8, 4) is 5.75 Å². The van der Waals surface area contributed by atoms with Gasteiger partial charge in [-0.3, -0.25) is 4.79 Å². The predicted molar refractivity (Wildman–Crippen MR) is 81.1 cm³/mol. The van der Waals surface area contributed by atoms with E-state index in [2.05, 4.69) is 5.32 Å². The molecule has 0 heterocycles. The Morgan fingerprint density at radius 2 is 1.65 bits per heavy atom. The molecule has 0 aliphatic carbocycles. The summed E-state index contributed by atoms with van der Waals surface area (Å²) in [5, 5.41) is 12.3. The third-order valence-electron chi connectivity index (χ3n) is 3.25. The van der Waals surface area contributed by atoms with Crippen LogP contribution in [0.3, 0.4) is 0 Å². The van der Waals surface area contributed by atoms with Crippen molar-refractivity contribution in [3.05, 3.63) is 52.6 Å². The summed E-state index contributed by atoms with van der Waals surface area (Å²) in [6, 6.07) is 8.34. The summed E-state index contributed by atoms with van der Waals surface area (Å²) in [4.78, 5) is 12.3. The zero-order valence-electron chi connectivity index (χ0n) is 11.8. The molecule has 0 aliphatic heterocycles. The minimum Gasteiger partial charge on any atom is -0.508 e. The number of rotatable bonds is 2. The van der Waals surface area contributed by atoms with Crippen LogP contribution in [-0.4, -0.2) is 11.0 Å². The molecule has 0 fully saturated rings. The normalized spacial score (nSPS) is 10.3. The van der Waals surface area contributed by atoms with Crippen LogP contribution in [0.1, 0.15) is 27.0 Å². The number of hydrogen-bond acceptors (Lipinski definition) is 3. The van der Waals surface area contributed by atoms with Crippen LogP contribution < -0.4 is 11.1 Å². The summed E-state index contributed by atoms with van der Waals surface area (Å²) < 4.78 is 0. The van der Waals surface area contributed by atoms with Gasteiger partial charge in [-0.15, -0.1) is 0 Å². The fourth-order valence-electron chi connectivity index (χ4n) is 2.28. The highest BCUT2D eigenvalue weighted by Gasteiger charge is 2.12. The third-order valence-corrected chi connectivity index (χ3v) is 3.25. The van der Waals surface area contributed by atoms with Crippen LogP contribution in [0.15, 0.2) is 30.3 Å². The van der Waals surface area contributed by atoms with Crippen molar-refractivity contribution in [1.29, 1.82) is 0 Å². The second-order valence-electron chi connectivity index (χ2n) is 4.98. The van der Waals surface area contributed by atoms with Crippen molar-refractivity contribution in [3.63, 3.8) is 0 Å². The van der Waals surface area contributed by atoms with Crippen LogP contribution in [-0.2, 0) is 0 Å².